The van der Waals surface area contributed by atoms with Crippen molar-refractivity contribution in [2.45, 2.75) is 33.1 Å². The zero-order chi connectivity index (χ0) is 16.2. The lowest BCUT2D eigenvalue weighted by molar-refractivity contribution is -0.126. The summed E-state index contributed by atoms with van der Waals surface area (Å²) in [5.41, 5.74) is 2.08. The van der Waals surface area contributed by atoms with Gasteiger partial charge in [0, 0.05) is 14.4 Å². The zero-order valence-corrected chi connectivity index (χ0v) is 16.1. The number of Topliss-reactive ketones (excluding diaryl/α,β-unsaturated/α-hetero) is 1. The smallest absolute Gasteiger partial charge is 0.136 e. The maximum absolute atomic E-state index is 12.4. The highest BCUT2D eigenvalue weighted by molar-refractivity contribution is 9.10. The van der Waals surface area contributed by atoms with Gasteiger partial charge in [0.15, 0.2) is 0 Å². The van der Waals surface area contributed by atoms with E-state index in [2.05, 4.69) is 63.0 Å². The van der Waals surface area contributed by atoms with Crippen LogP contribution in [0.4, 0.5) is 0 Å². The largest absolute Gasteiger partial charge is 0.299 e. The third kappa shape index (κ3) is 4.30. The maximum Gasteiger partial charge on any atom is 0.136 e. The molecule has 3 heteroatoms. The Balaban J connectivity index is 2.28. The molecule has 0 saturated carbocycles. The molecule has 0 fully saturated rings. The molecule has 2 aromatic rings. The minimum atomic E-state index is -0.332. The summed E-state index contributed by atoms with van der Waals surface area (Å²) in [6.45, 7) is 3.83. The molecule has 0 N–H and O–H groups in total. The quantitative estimate of drug-likeness (QED) is 0.558. The van der Waals surface area contributed by atoms with Crippen molar-refractivity contribution in [3.63, 3.8) is 0 Å². The van der Waals surface area contributed by atoms with Crippen LogP contribution in [-0.4, -0.2) is 5.78 Å². The van der Waals surface area contributed by atoms with Crippen LogP contribution in [0.5, 0.6) is 0 Å². The van der Waals surface area contributed by atoms with E-state index in [1.807, 2.05) is 24.3 Å². The van der Waals surface area contributed by atoms with Crippen LogP contribution >= 0.6 is 31.9 Å². The van der Waals surface area contributed by atoms with E-state index in [4.69, 9.17) is 0 Å². The molecule has 0 amide bonds. The maximum atomic E-state index is 12.4. The number of carbonyl (C=O) groups is 1. The van der Waals surface area contributed by atoms with E-state index >= 15 is 0 Å². The van der Waals surface area contributed by atoms with E-state index in [1.165, 1.54) is 11.1 Å². The SMILES string of the molecule is CCC(Cc1ccc(Br)cc1)(Cc1ccc(Br)cc1)C(C)=O. The fourth-order valence-electron chi connectivity index (χ4n) is 2.80. The Labute approximate surface area is 149 Å². The molecule has 0 radical (unpaired) electrons. The first-order valence-electron chi connectivity index (χ1n) is 7.45. The van der Waals surface area contributed by atoms with Gasteiger partial charge in [-0.1, -0.05) is 63.0 Å². The van der Waals surface area contributed by atoms with Crippen molar-refractivity contribution in [2.24, 2.45) is 5.41 Å². The van der Waals surface area contributed by atoms with Gasteiger partial charge in [-0.2, -0.15) is 0 Å². The lowest BCUT2D eigenvalue weighted by Gasteiger charge is -2.30. The molecule has 2 aromatic carbocycles. The average molecular weight is 424 g/mol. The molecule has 0 spiro atoms. The van der Waals surface area contributed by atoms with E-state index in [0.29, 0.717) is 0 Å². The summed E-state index contributed by atoms with van der Waals surface area (Å²) < 4.78 is 2.13. The summed E-state index contributed by atoms with van der Waals surface area (Å²) in [5.74, 6) is 0.265. The summed E-state index contributed by atoms with van der Waals surface area (Å²) in [7, 11) is 0. The number of benzene rings is 2. The Bertz CT molecular complexity index is 582. The fourth-order valence-corrected chi connectivity index (χ4v) is 3.33. The van der Waals surface area contributed by atoms with Crippen molar-refractivity contribution in [3.8, 4) is 0 Å². The summed E-state index contributed by atoms with van der Waals surface area (Å²) in [6, 6.07) is 16.5. The van der Waals surface area contributed by atoms with Crippen molar-refractivity contribution in [1.82, 2.24) is 0 Å². The van der Waals surface area contributed by atoms with E-state index < -0.39 is 0 Å². The average Bonchev–Trinajstić information content (AvgIpc) is 2.50. The first-order chi connectivity index (χ1) is 10.4. The second-order valence-corrected chi connectivity index (χ2v) is 7.63. The number of halogens is 2. The van der Waals surface area contributed by atoms with Crippen molar-refractivity contribution >= 4 is 37.6 Å². The summed E-state index contributed by atoms with van der Waals surface area (Å²) in [5, 5.41) is 0. The van der Waals surface area contributed by atoms with E-state index in [9.17, 15) is 4.79 Å². The monoisotopic (exact) mass is 422 g/mol. The molecule has 0 bridgehead atoms. The van der Waals surface area contributed by atoms with Gasteiger partial charge in [0.1, 0.15) is 5.78 Å². The number of rotatable bonds is 6. The molecule has 0 aliphatic heterocycles. The first-order valence-corrected chi connectivity index (χ1v) is 9.04. The molecule has 0 saturated heterocycles. The Morgan fingerprint density at radius 2 is 1.23 bits per heavy atom. The zero-order valence-electron chi connectivity index (χ0n) is 12.9. The van der Waals surface area contributed by atoms with Crippen LogP contribution < -0.4 is 0 Å². The predicted molar refractivity (Wildman–Crippen MR) is 99.1 cm³/mol. The molecule has 2 rings (SSSR count). The van der Waals surface area contributed by atoms with Gasteiger partial charge in [0.25, 0.3) is 0 Å². The first kappa shape index (κ1) is 17.4. The number of hydrogen-bond acceptors (Lipinski definition) is 1. The minimum absolute atomic E-state index is 0.265. The van der Waals surface area contributed by atoms with E-state index in [1.54, 1.807) is 6.92 Å². The normalized spacial score (nSPS) is 11.5. The highest BCUT2D eigenvalue weighted by Crippen LogP contribution is 2.33. The molecule has 0 atom stereocenters. The van der Waals surface area contributed by atoms with E-state index in [-0.39, 0.29) is 11.2 Å². The summed E-state index contributed by atoms with van der Waals surface area (Å²) in [6.07, 6.45) is 2.40. The van der Waals surface area contributed by atoms with Gasteiger partial charge in [-0.3, -0.25) is 4.79 Å². The third-order valence-electron chi connectivity index (χ3n) is 4.34. The van der Waals surface area contributed by atoms with Crippen LogP contribution in [0.2, 0.25) is 0 Å². The Morgan fingerprint density at radius 3 is 1.50 bits per heavy atom. The predicted octanol–water partition coefficient (Wildman–Crippen LogP) is 5.98. The lowest BCUT2D eigenvalue weighted by Crippen LogP contribution is -2.33. The Hall–Kier alpha value is -0.930. The van der Waals surface area contributed by atoms with Gasteiger partial charge in [0.2, 0.25) is 0 Å². The topological polar surface area (TPSA) is 17.1 Å². The van der Waals surface area contributed by atoms with Crippen LogP contribution in [0.25, 0.3) is 0 Å². The van der Waals surface area contributed by atoms with Crippen LogP contribution in [0.3, 0.4) is 0 Å². The summed E-state index contributed by atoms with van der Waals surface area (Å²) >= 11 is 6.92. The highest BCUT2D eigenvalue weighted by atomic mass is 79.9. The van der Waals surface area contributed by atoms with Crippen molar-refractivity contribution < 1.29 is 4.79 Å². The molecule has 0 aliphatic carbocycles. The number of ketones is 1. The third-order valence-corrected chi connectivity index (χ3v) is 5.39. The highest BCUT2D eigenvalue weighted by Gasteiger charge is 2.33. The number of carbonyl (C=O) groups excluding carboxylic acids is 1. The van der Waals surface area contributed by atoms with Crippen molar-refractivity contribution in [1.29, 1.82) is 0 Å². The molecule has 0 aliphatic rings. The molecule has 22 heavy (non-hydrogen) atoms. The molecular formula is C19H20Br2O. The number of hydrogen-bond donors (Lipinski definition) is 0. The second-order valence-electron chi connectivity index (χ2n) is 5.80. The molecule has 1 nitrogen and oxygen atoms in total. The molecule has 116 valence electrons. The Kier molecular flexibility index (Phi) is 5.99. The standard InChI is InChI=1S/C19H20Br2O/c1-3-19(14(2)22,12-15-4-8-17(20)9-5-15)13-16-6-10-18(21)11-7-16/h4-11H,3,12-13H2,1-2H3. The van der Waals surface area contributed by atoms with Crippen molar-refractivity contribution in [2.75, 3.05) is 0 Å². The van der Waals surface area contributed by atoms with Crippen molar-refractivity contribution in [3.05, 3.63) is 68.6 Å². The van der Waals surface area contributed by atoms with Gasteiger partial charge in [-0.25, -0.2) is 0 Å². The van der Waals surface area contributed by atoms with Gasteiger partial charge >= 0.3 is 0 Å². The molecule has 0 heterocycles. The molecular weight excluding hydrogens is 404 g/mol. The lowest BCUT2D eigenvalue weighted by atomic mass is 9.72. The minimum Gasteiger partial charge on any atom is -0.299 e. The van der Waals surface area contributed by atoms with Gasteiger partial charge in [0.05, 0.1) is 0 Å². The fraction of sp³-hybridized carbons (Fsp3) is 0.316. The van der Waals surface area contributed by atoms with E-state index in [0.717, 1.165) is 28.2 Å². The van der Waals surface area contributed by atoms with Crippen LogP contribution in [-0.2, 0) is 17.6 Å². The van der Waals surface area contributed by atoms with Crippen LogP contribution in [0, 0.1) is 5.41 Å². The Morgan fingerprint density at radius 1 is 0.864 bits per heavy atom. The van der Waals surface area contributed by atoms with Gasteiger partial charge in [-0.15, -0.1) is 0 Å². The van der Waals surface area contributed by atoms with Crippen LogP contribution in [0.1, 0.15) is 31.4 Å². The van der Waals surface area contributed by atoms with Crippen LogP contribution in [0.15, 0.2) is 57.5 Å². The van der Waals surface area contributed by atoms with Gasteiger partial charge < -0.3 is 0 Å². The molecule has 0 aromatic heterocycles. The van der Waals surface area contributed by atoms with Gasteiger partial charge in [-0.05, 0) is 61.6 Å². The second kappa shape index (κ2) is 7.56. The summed E-state index contributed by atoms with van der Waals surface area (Å²) in [4.78, 5) is 12.4. The molecule has 0 unspecified atom stereocenters.